The third-order valence-electron chi connectivity index (χ3n) is 6.14. The number of carbonyl (C=O) groups excluding carboxylic acids is 1. The second kappa shape index (κ2) is 10.0. The molecule has 4 aromatic rings. The molecule has 0 spiro atoms. The van der Waals surface area contributed by atoms with Gasteiger partial charge in [0.05, 0.1) is 11.4 Å². The molecular weight excluding hydrogens is 443 g/mol. The van der Waals surface area contributed by atoms with Crippen LogP contribution < -0.4 is 9.64 Å². The molecule has 0 unspecified atom stereocenters. The third-order valence-corrected chi connectivity index (χ3v) is 6.14. The maximum absolute atomic E-state index is 13.3. The normalized spacial score (nSPS) is 13.7. The van der Waals surface area contributed by atoms with Crippen molar-refractivity contribution in [3.8, 4) is 11.4 Å². The molecule has 5 rings (SSSR count). The maximum Gasteiger partial charge on any atom is 0.272 e. The first kappa shape index (κ1) is 22.7. The number of piperazine rings is 1. The van der Waals surface area contributed by atoms with E-state index in [1.807, 2.05) is 54.3 Å². The van der Waals surface area contributed by atoms with Crippen molar-refractivity contribution < 1.29 is 13.9 Å². The van der Waals surface area contributed by atoms with Gasteiger partial charge in [-0.05, 0) is 67.1 Å². The Morgan fingerprint density at radius 1 is 0.886 bits per heavy atom. The number of halogens is 1. The molecular formula is C28H27FN4O2. The first-order valence-electron chi connectivity index (χ1n) is 11.7. The highest BCUT2D eigenvalue weighted by atomic mass is 19.1. The molecule has 0 radical (unpaired) electrons. The average Bonchev–Trinajstić information content (AvgIpc) is 3.30. The van der Waals surface area contributed by atoms with E-state index < -0.39 is 0 Å². The molecule has 1 aromatic heterocycles. The summed E-state index contributed by atoms with van der Waals surface area (Å²) in [5.74, 6) is 0.437. The van der Waals surface area contributed by atoms with Crippen LogP contribution in [0.25, 0.3) is 5.69 Å². The Morgan fingerprint density at radius 3 is 2.23 bits per heavy atom. The fourth-order valence-corrected chi connectivity index (χ4v) is 4.25. The smallest absolute Gasteiger partial charge is 0.272 e. The summed E-state index contributed by atoms with van der Waals surface area (Å²) < 4.78 is 20.8. The van der Waals surface area contributed by atoms with Crippen LogP contribution in [0, 0.1) is 12.7 Å². The quantitative estimate of drug-likeness (QED) is 0.404. The summed E-state index contributed by atoms with van der Waals surface area (Å²) in [7, 11) is 0. The Hall–Kier alpha value is -4.13. The second-order valence-corrected chi connectivity index (χ2v) is 8.61. The molecule has 0 atom stereocenters. The Bertz CT molecular complexity index is 1280. The van der Waals surface area contributed by atoms with Crippen LogP contribution in [0.5, 0.6) is 5.75 Å². The highest BCUT2D eigenvalue weighted by molar-refractivity contribution is 5.93. The van der Waals surface area contributed by atoms with Crippen LogP contribution in [0.3, 0.4) is 0 Å². The van der Waals surface area contributed by atoms with Gasteiger partial charge in [-0.15, -0.1) is 0 Å². The van der Waals surface area contributed by atoms with Crippen molar-refractivity contribution in [1.29, 1.82) is 0 Å². The molecule has 178 valence electrons. The van der Waals surface area contributed by atoms with E-state index in [2.05, 4.69) is 22.1 Å². The Balaban J connectivity index is 1.20. The van der Waals surface area contributed by atoms with Gasteiger partial charge in [0, 0.05) is 31.9 Å². The van der Waals surface area contributed by atoms with Crippen molar-refractivity contribution >= 4 is 11.6 Å². The number of anilines is 1. The van der Waals surface area contributed by atoms with Gasteiger partial charge >= 0.3 is 0 Å². The van der Waals surface area contributed by atoms with Crippen LogP contribution in [0.15, 0.2) is 84.9 Å². The lowest BCUT2D eigenvalue weighted by molar-refractivity contribution is 0.0737. The van der Waals surface area contributed by atoms with Crippen LogP contribution in [0.4, 0.5) is 10.1 Å². The van der Waals surface area contributed by atoms with Crippen molar-refractivity contribution in [3.05, 3.63) is 108 Å². The third kappa shape index (κ3) is 5.19. The molecule has 35 heavy (non-hydrogen) atoms. The number of aryl methyl sites for hydroxylation is 1. The molecule has 1 fully saturated rings. The van der Waals surface area contributed by atoms with Crippen molar-refractivity contribution in [2.24, 2.45) is 0 Å². The zero-order valence-electron chi connectivity index (χ0n) is 19.6. The molecule has 1 aliphatic rings. The highest BCUT2D eigenvalue weighted by Gasteiger charge is 2.25. The predicted molar refractivity (Wildman–Crippen MR) is 134 cm³/mol. The highest BCUT2D eigenvalue weighted by Crippen LogP contribution is 2.23. The molecule has 2 heterocycles. The standard InChI is InChI=1S/C28H27FN4O2/c1-21-19-27(33(30-21)25-9-7-23(29)8-10-25)28(34)32-17-15-31(16-18-32)24-11-13-26(14-12-24)35-20-22-5-3-2-4-6-22/h2-14,19H,15-18,20H2,1H3. The number of hydrogen-bond acceptors (Lipinski definition) is 4. The van der Waals surface area contributed by atoms with E-state index in [1.54, 1.807) is 22.9 Å². The van der Waals surface area contributed by atoms with Gasteiger partial charge in [0.1, 0.15) is 23.9 Å². The lowest BCUT2D eigenvalue weighted by Gasteiger charge is -2.36. The molecule has 1 amide bonds. The first-order valence-corrected chi connectivity index (χ1v) is 11.7. The van der Waals surface area contributed by atoms with E-state index >= 15 is 0 Å². The molecule has 7 heteroatoms. The fourth-order valence-electron chi connectivity index (χ4n) is 4.25. The van der Waals surface area contributed by atoms with E-state index in [1.165, 1.54) is 12.1 Å². The number of benzene rings is 3. The summed E-state index contributed by atoms with van der Waals surface area (Å²) >= 11 is 0. The van der Waals surface area contributed by atoms with Crippen molar-refractivity contribution in [2.75, 3.05) is 31.1 Å². The molecule has 1 aliphatic heterocycles. The maximum atomic E-state index is 13.3. The summed E-state index contributed by atoms with van der Waals surface area (Å²) in [5, 5.41) is 4.46. The van der Waals surface area contributed by atoms with Gasteiger partial charge < -0.3 is 14.5 Å². The minimum atomic E-state index is -0.322. The molecule has 6 nitrogen and oxygen atoms in total. The van der Waals surface area contributed by atoms with Crippen LogP contribution in [0.2, 0.25) is 0 Å². The average molecular weight is 471 g/mol. The van der Waals surface area contributed by atoms with Crippen LogP contribution in [-0.4, -0.2) is 46.8 Å². The lowest BCUT2D eigenvalue weighted by atomic mass is 10.2. The monoisotopic (exact) mass is 470 g/mol. The first-order chi connectivity index (χ1) is 17.1. The van der Waals surface area contributed by atoms with Gasteiger partial charge in [-0.3, -0.25) is 4.79 Å². The number of carbonyl (C=O) groups is 1. The lowest BCUT2D eigenvalue weighted by Crippen LogP contribution is -2.49. The van der Waals surface area contributed by atoms with E-state index in [9.17, 15) is 9.18 Å². The van der Waals surface area contributed by atoms with Gasteiger partial charge in [-0.2, -0.15) is 5.10 Å². The summed E-state index contributed by atoms with van der Waals surface area (Å²) in [6.07, 6.45) is 0. The van der Waals surface area contributed by atoms with Gasteiger partial charge in [0.2, 0.25) is 0 Å². The van der Waals surface area contributed by atoms with Gasteiger partial charge in [0.25, 0.3) is 5.91 Å². The second-order valence-electron chi connectivity index (χ2n) is 8.61. The largest absolute Gasteiger partial charge is 0.489 e. The Labute approximate surface area is 204 Å². The summed E-state index contributed by atoms with van der Waals surface area (Å²) in [6, 6.07) is 26.0. The number of hydrogen-bond donors (Lipinski definition) is 0. The predicted octanol–water partition coefficient (Wildman–Crippen LogP) is 4.86. The van der Waals surface area contributed by atoms with E-state index in [0.717, 1.165) is 35.8 Å². The zero-order chi connectivity index (χ0) is 24.2. The molecule has 0 bridgehead atoms. The number of nitrogens with zero attached hydrogens (tertiary/aromatic N) is 4. The van der Waals surface area contributed by atoms with Crippen LogP contribution >= 0.6 is 0 Å². The zero-order valence-corrected chi connectivity index (χ0v) is 19.6. The summed E-state index contributed by atoms with van der Waals surface area (Å²) in [5.41, 5.74) is 4.13. The summed E-state index contributed by atoms with van der Waals surface area (Å²) in [4.78, 5) is 17.4. The molecule has 0 N–H and O–H groups in total. The van der Waals surface area contributed by atoms with Crippen molar-refractivity contribution in [1.82, 2.24) is 14.7 Å². The molecule has 0 saturated carbocycles. The van der Waals surface area contributed by atoms with E-state index in [-0.39, 0.29) is 11.7 Å². The topological polar surface area (TPSA) is 50.6 Å². The number of amides is 1. The molecule has 0 aliphatic carbocycles. The van der Waals surface area contributed by atoms with Crippen LogP contribution in [0.1, 0.15) is 21.7 Å². The fraction of sp³-hybridized carbons (Fsp3) is 0.214. The minimum absolute atomic E-state index is 0.0702. The van der Waals surface area contributed by atoms with E-state index in [4.69, 9.17) is 4.74 Å². The Kier molecular flexibility index (Phi) is 6.48. The summed E-state index contributed by atoms with van der Waals surface area (Å²) in [6.45, 7) is 5.08. The van der Waals surface area contributed by atoms with Gasteiger partial charge in [-0.25, -0.2) is 9.07 Å². The number of ether oxygens (including phenoxy) is 1. The minimum Gasteiger partial charge on any atom is -0.489 e. The SMILES string of the molecule is Cc1cc(C(=O)N2CCN(c3ccc(OCc4ccccc4)cc3)CC2)n(-c2ccc(F)cc2)n1. The van der Waals surface area contributed by atoms with E-state index in [0.29, 0.717) is 31.1 Å². The van der Waals surface area contributed by atoms with Crippen molar-refractivity contribution in [2.45, 2.75) is 13.5 Å². The van der Waals surface area contributed by atoms with Crippen molar-refractivity contribution in [3.63, 3.8) is 0 Å². The molecule has 3 aromatic carbocycles. The number of aromatic nitrogens is 2. The van der Waals surface area contributed by atoms with Gasteiger partial charge in [0.15, 0.2) is 0 Å². The van der Waals surface area contributed by atoms with Gasteiger partial charge in [-0.1, -0.05) is 30.3 Å². The van der Waals surface area contributed by atoms with Crippen LogP contribution in [-0.2, 0) is 6.61 Å². The Morgan fingerprint density at radius 2 is 1.54 bits per heavy atom. The molecule has 1 saturated heterocycles. The number of rotatable bonds is 6.